The summed E-state index contributed by atoms with van der Waals surface area (Å²) >= 11 is 0. The molecule has 0 rings (SSSR count). The Kier molecular flexibility index (Phi) is 6.00. The third kappa shape index (κ3) is 7.01. The first-order valence-corrected chi connectivity index (χ1v) is 3.65. The van der Waals surface area contributed by atoms with E-state index in [9.17, 15) is 9.59 Å². The van der Waals surface area contributed by atoms with Crippen molar-refractivity contribution in [1.29, 1.82) is 0 Å². The van der Waals surface area contributed by atoms with Crippen molar-refractivity contribution in [2.24, 2.45) is 0 Å². The van der Waals surface area contributed by atoms with E-state index in [4.69, 9.17) is 10.2 Å². The first kappa shape index (κ1) is 10.9. The number of carboxylic acids is 1. The van der Waals surface area contributed by atoms with Crippen molar-refractivity contribution in [3.05, 3.63) is 0 Å². The standard InChI is InChI=1S/C7H12O5/c8-4-1-5-12-7(11)3-2-6(9)10/h8H,1-5H2,(H,9,10). The van der Waals surface area contributed by atoms with E-state index >= 15 is 0 Å². The first-order chi connectivity index (χ1) is 5.66. The molecule has 0 saturated heterocycles. The van der Waals surface area contributed by atoms with Crippen LogP contribution in [0.2, 0.25) is 0 Å². The van der Waals surface area contributed by atoms with Crippen molar-refractivity contribution in [2.75, 3.05) is 13.2 Å². The molecule has 0 aromatic carbocycles. The second kappa shape index (κ2) is 6.60. The van der Waals surface area contributed by atoms with Crippen LogP contribution in [0.3, 0.4) is 0 Å². The SMILES string of the molecule is O=C(O)CCC(=O)OCCCO. The molecule has 2 N–H and O–H groups in total. The Morgan fingerprint density at radius 2 is 1.92 bits per heavy atom. The molecule has 0 saturated carbocycles. The van der Waals surface area contributed by atoms with Crippen molar-refractivity contribution in [3.63, 3.8) is 0 Å². The molecule has 0 heterocycles. The highest BCUT2D eigenvalue weighted by atomic mass is 16.5. The summed E-state index contributed by atoms with van der Waals surface area (Å²) in [5.41, 5.74) is 0. The van der Waals surface area contributed by atoms with E-state index in [0.717, 1.165) is 0 Å². The maximum absolute atomic E-state index is 10.7. The Hall–Kier alpha value is -1.10. The Balaban J connectivity index is 3.28. The molecule has 5 nitrogen and oxygen atoms in total. The van der Waals surface area contributed by atoms with Gasteiger partial charge in [-0.2, -0.15) is 0 Å². The van der Waals surface area contributed by atoms with Gasteiger partial charge in [0.1, 0.15) is 0 Å². The number of hydrogen-bond acceptors (Lipinski definition) is 4. The maximum Gasteiger partial charge on any atom is 0.306 e. The number of hydrogen-bond donors (Lipinski definition) is 2. The third-order valence-corrected chi connectivity index (χ3v) is 1.11. The average Bonchev–Trinajstić information content (AvgIpc) is 2.01. The number of rotatable bonds is 6. The zero-order valence-electron chi connectivity index (χ0n) is 6.65. The average molecular weight is 176 g/mol. The first-order valence-electron chi connectivity index (χ1n) is 3.65. The molecule has 0 fully saturated rings. The monoisotopic (exact) mass is 176 g/mol. The summed E-state index contributed by atoms with van der Waals surface area (Å²) < 4.78 is 4.57. The number of ether oxygens (including phenoxy) is 1. The minimum Gasteiger partial charge on any atom is -0.481 e. The van der Waals surface area contributed by atoms with Gasteiger partial charge in [0.05, 0.1) is 19.4 Å². The lowest BCUT2D eigenvalue weighted by Gasteiger charge is -2.00. The molecule has 0 aliphatic heterocycles. The van der Waals surface area contributed by atoms with Gasteiger partial charge in [-0.05, 0) is 0 Å². The Bertz CT molecular complexity index is 154. The van der Waals surface area contributed by atoms with E-state index in [1.807, 2.05) is 0 Å². The summed E-state index contributed by atoms with van der Waals surface area (Å²) in [6.07, 6.45) is 0.0670. The van der Waals surface area contributed by atoms with Gasteiger partial charge in [0.2, 0.25) is 0 Å². The summed E-state index contributed by atoms with van der Waals surface area (Å²) in [7, 11) is 0. The van der Waals surface area contributed by atoms with Gasteiger partial charge in [0, 0.05) is 13.0 Å². The van der Waals surface area contributed by atoms with Gasteiger partial charge in [0.25, 0.3) is 0 Å². The molecule has 0 bridgehead atoms. The fourth-order valence-corrected chi connectivity index (χ4v) is 0.532. The minimum absolute atomic E-state index is 0.0355. The van der Waals surface area contributed by atoms with Crippen molar-refractivity contribution >= 4 is 11.9 Å². The number of aliphatic hydroxyl groups is 1. The van der Waals surface area contributed by atoms with Crippen LogP contribution in [0.1, 0.15) is 19.3 Å². The van der Waals surface area contributed by atoms with E-state index in [0.29, 0.717) is 6.42 Å². The van der Waals surface area contributed by atoms with Crippen molar-refractivity contribution in [3.8, 4) is 0 Å². The topological polar surface area (TPSA) is 83.8 Å². The summed E-state index contributed by atoms with van der Waals surface area (Å²) in [5, 5.41) is 16.5. The van der Waals surface area contributed by atoms with Crippen molar-refractivity contribution in [1.82, 2.24) is 0 Å². The van der Waals surface area contributed by atoms with Crippen LogP contribution < -0.4 is 0 Å². The molecule has 12 heavy (non-hydrogen) atoms. The number of carboxylic acid groups (broad SMARTS) is 1. The van der Waals surface area contributed by atoms with Crippen LogP contribution in [0.5, 0.6) is 0 Å². The summed E-state index contributed by atoms with van der Waals surface area (Å²) in [4.78, 5) is 20.6. The number of carbonyl (C=O) groups excluding carboxylic acids is 1. The molecular weight excluding hydrogens is 164 g/mol. The molecule has 0 unspecified atom stereocenters. The fraction of sp³-hybridized carbons (Fsp3) is 0.714. The van der Waals surface area contributed by atoms with Gasteiger partial charge < -0.3 is 14.9 Å². The highest BCUT2D eigenvalue weighted by molar-refractivity contribution is 5.76. The van der Waals surface area contributed by atoms with E-state index in [-0.39, 0.29) is 26.1 Å². The van der Waals surface area contributed by atoms with Crippen molar-refractivity contribution in [2.45, 2.75) is 19.3 Å². The normalized spacial score (nSPS) is 9.42. The molecule has 0 aliphatic rings. The molecule has 0 aliphatic carbocycles. The van der Waals surface area contributed by atoms with Gasteiger partial charge in [-0.1, -0.05) is 0 Å². The Morgan fingerprint density at radius 3 is 2.42 bits per heavy atom. The smallest absolute Gasteiger partial charge is 0.306 e. The van der Waals surface area contributed by atoms with Crippen LogP contribution in [0, 0.1) is 0 Å². The lowest BCUT2D eigenvalue weighted by molar-refractivity contribution is -0.147. The van der Waals surface area contributed by atoms with Crippen LogP contribution in [0.25, 0.3) is 0 Å². The lowest BCUT2D eigenvalue weighted by Crippen LogP contribution is -2.09. The number of aliphatic hydroxyl groups excluding tert-OH is 1. The van der Waals surface area contributed by atoms with Crippen LogP contribution in [0.4, 0.5) is 0 Å². The van der Waals surface area contributed by atoms with Crippen LogP contribution in [-0.2, 0) is 14.3 Å². The molecule has 5 heteroatoms. The Labute approximate surface area is 70.0 Å². The van der Waals surface area contributed by atoms with Crippen molar-refractivity contribution < 1.29 is 24.5 Å². The zero-order valence-corrected chi connectivity index (χ0v) is 6.65. The van der Waals surface area contributed by atoms with Gasteiger partial charge >= 0.3 is 11.9 Å². The molecule has 0 aromatic rings. The summed E-state index contributed by atoms with van der Waals surface area (Å²) in [5.74, 6) is -1.56. The molecule has 70 valence electrons. The van der Waals surface area contributed by atoms with Crippen LogP contribution >= 0.6 is 0 Å². The number of carbonyl (C=O) groups is 2. The minimum atomic E-state index is -1.02. The quantitative estimate of drug-likeness (QED) is 0.431. The van der Waals surface area contributed by atoms with Gasteiger partial charge in [-0.3, -0.25) is 9.59 Å². The van der Waals surface area contributed by atoms with Gasteiger partial charge in [0.15, 0.2) is 0 Å². The predicted octanol–water partition coefficient (Wildman–Crippen LogP) is -0.223. The summed E-state index contributed by atoms with van der Waals surface area (Å²) in [6.45, 7) is 0.112. The van der Waals surface area contributed by atoms with E-state index in [1.165, 1.54) is 0 Å². The maximum atomic E-state index is 10.7. The molecule has 0 spiro atoms. The molecule has 0 aromatic heterocycles. The third-order valence-electron chi connectivity index (χ3n) is 1.11. The van der Waals surface area contributed by atoms with E-state index < -0.39 is 11.9 Å². The highest BCUT2D eigenvalue weighted by Gasteiger charge is 2.05. The van der Waals surface area contributed by atoms with Crippen LogP contribution in [-0.4, -0.2) is 35.4 Å². The number of esters is 1. The number of aliphatic carboxylic acids is 1. The second-order valence-corrected chi connectivity index (χ2v) is 2.19. The predicted molar refractivity (Wildman–Crippen MR) is 39.5 cm³/mol. The summed E-state index contributed by atoms with van der Waals surface area (Å²) in [6, 6.07) is 0. The Morgan fingerprint density at radius 1 is 1.25 bits per heavy atom. The molecule has 0 radical (unpaired) electrons. The largest absolute Gasteiger partial charge is 0.481 e. The van der Waals surface area contributed by atoms with Crippen LogP contribution in [0.15, 0.2) is 0 Å². The molecule has 0 atom stereocenters. The van der Waals surface area contributed by atoms with Gasteiger partial charge in [-0.15, -0.1) is 0 Å². The fourth-order valence-electron chi connectivity index (χ4n) is 0.532. The lowest BCUT2D eigenvalue weighted by atomic mass is 10.3. The van der Waals surface area contributed by atoms with E-state index in [2.05, 4.69) is 4.74 Å². The molecular formula is C7H12O5. The molecule has 0 amide bonds. The highest BCUT2D eigenvalue weighted by Crippen LogP contribution is 1.93. The second-order valence-electron chi connectivity index (χ2n) is 2.19. The zero-order chi connectivity index (χ0) is 9.40. The van der Waals surface area contributed by atoms with E-state index in [1.54, 1.807) is 0 Å². The van der Waals surface area contributed by atoms with Gasteiger partial charge in [-0.25, -0.2) is 0 Å².